The summed E-state index contributed by atoms with van der Waals surface area (Å²) in [6.45, 7) is 2.47. The summed E-state index contributed by atoms with van der Waals surface area (Å²) < 4.78 is 32.0. The monoisotopic (exact) mass is 406 g/mol. The zero-order valence-electron chi connectivity index (χ0n) is 16.5. The highest BCUT2D eigenvalue weighted by Gasteiger charge is 2.17. The fourth-order valence-electron chi connectivity index (χ4n) is 2.44. The Morgan fingerprint density at radius 1 is 1.21 bits per heavy atom. The van der Waals surface area contributed by atoms with Crippen LogP contribution in [0.5, 0.6) is 0 Å². The summed E-state index contributed by atoms with van der Waals surface area (Å²) >= 11 is 0. The van der Waals surface area contributed by atoms with E-state index >= 15 is 0 Å². The Kier molecular flexibility index (Phi) is 7.50. The molecule has 2 N–H and O–H groups in total. The molecule has 0 spiro atoms. The van der Waals surface area contributed by atoms with Crippen LogP contribution in [0.1, 0.15) is 21.5 Å². The molecule has 28 heavy (non-hydrogen) atoms. The van der Waals surface area contributed by atoms with E-state index in [0.29, 0.717) is 17.7 Å². The van der Waals surface area contributed by atoms with Crippen molar-refractivity contribution in [2.75, 3.05) is 39.3 Å². The molecule has 2 aromatic rings. The van der Waals surface area contributed by atoms with E-state index in [9.17, 15) is 13.2 Å². The molecule has 0 atom stereocenters. The summed E-state index contributed by atoms with van der Waals surface area (Å²) in [5.41, 5.74) is 1.85. The van der Waals surface area contributed by atoms with Gasteiger partial charge in [0, 0.05) is 46.1 Å². The molecule has 0 unspecified atom stereocenters. The lowest BCUT2D eigenvalue weighted by molar-refractivity contribution is 0.0950. The van der Waals surface area contributed by atoms with Crippen LogP contribution in [-0.2, 0) is 21.3 Å². The third-order valence-electron chi connectivity index (χ3n) is 4.08. The Hall–Kier alpha value is -2.49. The normalized spacial score (nSPS) is 11.3. The van der Waals surface area contributed by atoms with E-state index in [4.69, 9.17) is 4.74 Å². The second-order valence-corrected chi connectivity index (χ2v) is 8.24. The van der Waals surface area contributed by atoms with E-state index in [2.05, 4.69) is 15.0 Å². The molecule has 0 saturated carbocycles. The molecule has 0 aliphatic heterocycles. The van der Waals surface area contributed by atoms with Crippen molar-refractivity contribution in [3.8, 4) is 0 Å². The van der Waals surface area contributed by atoms with Crippen LogP contribution in [0.3, 0.4) is 0 Å². The number of rotatable bonds is 9. The standard InChI is InChI=1S/C19H26N4O4S/c1-14-5-7-16(28(25,26)22-9-10-27-4)11-17(14)19(24)21-13-15-6-8-18(20-12-15)23(2)3/h5-8,11-12,22H,9-10,13H2,1-4H3,(H,21,24). The number of hydrogen-bond acceptors (Lipinski definition) is 6. The van der Waals surface area contributed by atoms with Gasteiger partial charge in [0.15, 0.2) is 0 Å². The maximum atomic E-state index is 12.6. The van der Waals surface area contributed by atoms with Crippen molar-refractivity contribution in [1.82, 2.24) is 15.0 Å². The van der Waals surface area contributed by atoms with E-state index < -0.39 is 10.0 Å². The molecule has 152 valence electrons. The van der Waals surface area contributed by atoms with Crippen LogP contribution < -0.4 is 14.9 Å². The van der Waals surface area contributed by atoms with Crippen LogP contribution in [0, 0.1) is 6.92 Å². The molecule has 1 aromatic heterocycles. The van der Waals surface area contributed by atoms with Crippen molar-refractivity contribution in [1.29, 1.82) is 0 Å². The van der Waals surface area contributed by atoms with E-state index in [0.717, 1.165) is 11.4 Å². The average Bonchev–Trinajstić information content (AvgIpc) is 2.66. The SMILES string of the molecule is COCCNS(=O)(=O)c1ccc(C)c(C(=O)NCc2ccc(N(C)C)nc2)c1. The number of aromatic nitrogens is 1. The van der Waals surface area contributed by atoms with Gasteiger partial charge < -0.3 is 15.0 Å². The molecular weight excluding hydrogens is 380 g/mol. The Morgan fingerprint density at radius 3 is 2.57 bits per heavy atom. The number of aryl methyl sites for hydroxylation is 1. The lowest BCUT2D eigenvalue weighted by Crippen LogP contribution is -2.28. The lowest BCUT2D eigenvalue weighted by atomic mass is 10.1. The fourth-order valence-corrected chi connectivity index (χ4v) is 3.48. The minimum atomic E-state index is -3.71. The maximum Gasteiger partial charge on any atom is 0.251 e. The third-order valence-corrected chi connectivity index (χ3v) is 5.54. The molecule has 0 radical (unpaired) electrons. The summed E-state index contributed by atoms with van der Waals surface area (Å²) in [7, 11) is 1.58. The number of amides is 1. The summed E-state index contributed by atoms with van der Waals surface area (Å²) in [5, 5.41) is 2.81. The topological polar surface area (TPSA) is 101 Å². The lowest BCUT2D eigenvalue weighted by Gasteiger charge is -2.13. The van der Waals surface area contributed by atoms with Gasteiger partial charge in [0.2, 0.25) is 10.0 Å². The predicted octanol–water partition coefficient (Wildman–Crippen LogP) is 1.31. The van der Waals surface area contributed by atoms with Crippen LogP contribution in [0.25, 0.3) is 0 Å². The number of anilines is 1. The Balaban J connectivity index is 2.10. The van der Waals surface area contributed by atoms with Gasteiger partial charge in [0.25, 0.3) is 5.91 Å². The molecule has 0 fully saturated rings. The summed E-state index contributed by atoms with van der Waals surface area (Å²) in [6.07, 6.45) is 1.70. The first kappa shape index (κ1) is 21.8. The van der Waals surface area contributed by atoms with Crippen molar-refractivity contribution in [3.05, 3.63) is 53.2 Å². The zero-order valence-corrected chi connectivity index (χ0v) is 17.3. The predicted molar refractivity (Wildman–Crippen MR) is 108 cm³/mol. The van der Waals surface area contributed by atoms with E-state index in [1.165, 1.54) is 19.2 Å². The van der Waals surface area contributed by atoms with Gasteiger partial charge in [0.05, 0.1) is 11.5 Å². The van der Waals surface area contributed by atoms with Crippen molar-refractivity contribution < 1.29 is 17.9 Å². The number of methoxy groups -OCH3 is 1. The molecule has 2 rings (SSSR count). The van der Waals surface area contributed by atoms with Crippen LogP contribution in [0.15, 0.2) is 41.4 Å². The van der Waals surface area contributed by atoms with Crippen molar-refractivity contribution in [2.24, 2.45) is 0 Å². The van der Waals surface area contributed by atoms with E-state index in [1.54, 1.807) is 19.2 Å². The van der Waals surface area contributed by atoms with Crippen molar-refractivity contribution in [3.63, 3.8) is 0 Å². The zero-order chi connectivity index (χ0) is 20.7. The molecule has 0 saturated heterocycles. The minimum Gasteiger partial charge on any atom is -0.383 e. The quantitative estimate of drug-likeness (QED) is 0.609. The number of carbonyl (C=O) groups excluding carboxylic acids is 1. The number of hydrogen-bond donors (Lipinski definition) is 2. The van der Waals surface area contributed by atoms with Crippen LogP contribution >= 0.6 is 0 Å². The number of nitrogens with zero attached hydrogens (tertiary/aromatic N) is 2. The van der Waals surface area contributed by atoms with Crippen molar-refractivity contribution >= 4 is 21.7 Å². The second-order valence-electron chi connectivity index (χ2n) is 6.47. The van der Waals surface area contributed by atoms with Crippen molar-refractivity contribution in [2.45, 2.75) is 18.4 Å². The Labute approximate surface area is 166 Å². The number of ether oxygens (including phenoxy) is 1. The Bertz CT molecular complexity index is 912. The van der Waals surface area contributed by atoms with Gasteiger partial charge in [-0.1, -0.05) is 12.1 Å². The first-order valence-electron chi connectivity index (χ1n) is 8.74. The van der Waals surface area contributed by atoms with Gasteiger partial charge in [-0.2, -0.15) is 0 Å². The first-order chi connectivity index (χ1) is 13.2. The molecule has 0 bridgehead atoms. The Morgan fingerprint density at radius 2 is 1.96 bits per heavy atom. The smallest absolute Gasteiger partial charge is 0.251 e. The average molecular weight is 407 g/mol. The molecule has 9 heteroatoms. The van der Waals surface area contributed by atoms with Gasteiger partial charge in [-0.25, -0.2) is 18.1 Å². The molecule has 0 aliphatic rings. The summed E-state index contributed by atoms with van der Waals surface area (Å²) in [5.74, 6) is 0.480. The second kappa shape index (κ2) is 9.63. The fraction of sp³-hybridized carbons (Fsp3) is 0.368. The van der Waals surface area contributed by atoms with Gasteiger partial charge in [-0.05, 0) is 36.2 Å². The van der Waals surface area contributed by atoms with Gasteiger partial charge in [-0.3, -0.25) is 4.79 Å². The van der Waals surface area contributed by atoms with Gasteiger partial charge in [-0.15, -0.1) is 0 Å². The molecular formula is C19H26N4O4S. The number of pyridine rings is 1. The first-order valence-corrected chi connectivity index (χ1v) is 10.2. The highest BCUT2D eigenvalue weighted by Crippen LogP contribution is 2.16. The van der Waals surface area contributed by atoms with E-state index in [-0.39, 0.29) is 24.0 Å². The maximum absolute atomic E-state index is 12.6. The van der Waals surface area contributed by atoms with Crippen LogP contribution in [0.2, 0.25) is 0 Å². The highest BCUT2D eigenvalue weighted by molar-refractivity contribution is 7.89. The molecule has 1 amide bonds. The minimum absolute atomic E-state index is 0.0383. The molecule has 8 nitrogen and oxygen atoms in total. The summed E-state index contributed by atoms with van der Waals surface area (Å²) in [6, 6.07) is 8.23. The van der Waals surface area contributed by atoms with Crippen LogP contribution in [-0.4, -0.2) is 53.7 Å². The van der Waals surface area contributed by atoms with Crippen LogP contribution in [0.4, 0.5) is 5.82 Å². The number of benzene rings is 1. The number of sulfonamides is 1. The molecule has 0 aliphatic carbocycles. The number of nitrogens with one attached hydrogen (secondary N) is 2. The highest BCUT2D eigenvalue weighted by atomic mass is 32.2. The third kappa shape index (κ3) is 5.75. The molecule has 1 aromatic carbocycles. The summed E-state index contributed by atoms with van der Waals surface area (Å²) in [4.78, 5) is 18.8. The largest absolute Gasteiger partial charge is 0.383 e. The molecule has 1 heterocycles. The number of carbonyl (C=O) groups is 1. The van der Waals surface area contributed by atoms with E-state index in [1.807, 2.05) is 31.1 Å². The van der Waals surface area contributed by atoms with Gasteiger partial charge in [0.1, 0.15) is 5.82 Å². The van der Waals surface area contributed by atoms with Gasteiger partial charge >= 0.3 is 0 Å².